The number of carboxylic acids is 1. The second-order valence-electron chi connectivity index (χ2n) is 3.56. The van der Waals surface area contributed by atoms with Crippen LogP contribution in [0.2, 0.25) is 0 Å². The van der Waals surface area contributed by atoms with Crippen LogP contribution in [0.1, 0.15) is 25.7 Å². The molecule has 0 unspecified atom stereocenters. The Labute approximate surface area is 97.5 Å². The van der Waals surface area contributed by atoms with Gasteiger partial charge in [0.2, 0.25) is 0 Å². The maximum atomic E-state index is 10.5. The zero-order chi connectivity index (χ0) is 11.7. The maximum absolute atomic E-state index is 10.5. The first-order valence-corrected chi connectivity index (χ1v) is 5.86. The SMILES string of the molecule is C=C.O=C(O)C[C@H]1CCC[C@@H]1/C=C/CS. The lowest BCUT2D eigenvalue weighted by molar-refractivity contribution is -0.138. The highest BCUT2D eigenvalue weighted by Crippen LogP contribution is 2.34. The van der Waals surface area contributed by atoms with E-state index in [-0.39, 0.29) is 0 Å². The Hall–Kier alpha value is -0.700. The molecule has 1 rings (SSSR count). The molecule has 86 valence electrons. The summed E-state index contributed by atoms with van der Waals surface area (Å²) < 4.78 is 0. The van der Waals surface area contributed by atoms with E-state index in [1.165, 1.54) is 6.42 Å². The van der Waals surface area contributed by atoms with E-state index < -0.39 is 5.97 Å². The van der Waals surface area contributed by atoms with E-state index in [1.807, 2.05) is 6.08 Å². The molecule has 2 atom stereocenters. The molecule has 0 bridgehead atoms. The van der Waals surface area contributed by atoms with Crippen molar-refractivity contribution in [3.8, 4) is 0 Å². The fourth-order valence-corrected chi connectivity index (χ4v) is 2.15. The van der Waals surface area contributed by atoms with Gasteiger partial charge in [-0.1, -0.05) is 18.6 Å². The Kier molecular flexibility index (Phi) is 8.19. The van der Waals surface area contributed by atoms with E-state index >= 15 is 0 Å². The Morgan fingerprint density at radius 3 is 2.67 bits per heavy atom. The van der Waals surface area contributed by atoms with Crippen LogP contribution in [0.15, 0.2) is 25.3 Å². The summed E-state index contributed by atoms with van der Waals surface area (Å²) in [7, 11) is 0. The van der Waals surface area contributed by atoms with Gasteiger partial charge in [-0.05, 0) is 24.7 Å². The van der Waals surface area contributed by atoms with E-state index in [1.54, 1.807) is 0 Å². The molecule has 15 heavy (non-hydrogen) atoms. The van der Waals surface area contributed by atoms with Gasteiger partial charge < -0.3 is 5.11 Å². The summed E-state index contributed by atoms with van der Waals surface area (Å²) in [4.78, 5) is 10.5. The van der Waals surface area contributed by atoms with Crippen LogP contribution in [0.3, 0.4) is 0 Å². The van der Waals surface area contributed by atoms with Crippen LogP contribution in [-0.2, 0) is 4.79 Å². The molecular weight excluding hydrogens is 208 g/mol. The van der Waals surface area contributed by atoms with Gasteiger partial charge in [-0.15, -0.1) is 13.2 Å². The topological polar surface area (TPSA) is 37.3 Å². The normalized spacial score (nSPS) is 24.9. The summed E-state index contributed by atoms with van der Waals surface area (Å²) in [6.45, 7) is 6.00. The quantitative estimate of drug-likeness (QED) is 0.573. The molecule has 1 N–H and O–H groups in total. The molecule has 0 spiro atoms. The Morgan fingerprint density at radius 1 is 1.47 bits per heavy atom. The number of thiol groups is 1. The number of carboxylic acid groups (broad SMARTS) is 1. The molecule has 0 aromatic carbocycles. The summed E-state index contributed by atoms with van der Waals surface area (Å²) >= 11 is 4.09. The molecule has 0 radical (unpaired) electrons. The fourth-order valence-electron chi connectivity index (χ4n) is 2.03. The molecule has 0 aromatic heterocycles. The van der Waals surface area contributed by atoms with Crippen molar-refractivity contribution in [3.63, 3.8) is 0 Å². The first-order chi connectivity index (χ1) is 7.24. The molecular formula is C12H20O2S. The molecule has 0 saturated heterocycles. The third-order valence-electron chi connectivity index (χ3n) is 2.64. The molecule has 0 heterocycles. The van der Waals surface area contributed by atoms with Gasteiger partial charge in [0.05, 0.1) is 0 Å². The van der Waals surface area contributed by atoms with Crippen molar-refractivity contribution in [1.82, 2.24) is 0 Å². The van der Waals surface area contributed by atoms with Crippen LogP contribution >= 0.6 is 12.6 Å². The van der Waals surface area contributed by atoms with Crippen molar-refractivity contribution in [2.45, 2.75) is 25.7 Å². The fraction of sp³-hybridized carbons (Fsp3) is 0.583. The predicted molar refractivity (Wildman–Crippen MR) is 67.3 cm³/mol. The highest BCUT2D eigenvalue weighted by Gasteiger charge is 2.26. The van der Waals surface area contributed by atoms with E-state index in [0.29, 0.717) is 18.3 Å². The van der Waals surface area contributed by atoms with Gasteiger partial charge in [0, 0.05) is 12.2 Å². The predicted octanol–water partition coefficient (Wildman–Crippen LogP) is 3.17. The Balaban J connectivity index is 0.000000921. The average Bonchev–Trinajstić information content (AvgIpc) is 2.64. The lowest BCUT2D eigenvalue weighted by atomic mass is 9.93. The minimum absolute atomic E-state index is 0.321. The highest BCUT2D eigenvalue weighted by molar-refractivity contribution is 7.80. The van der Waals surface area contributed by atoms with Crippen molar-refractivity contribution in [2.75, 3.05) is 5.75 Å². The van der Waals surface area contributed by atoms with Crippen molar-refractivity contribution < 1.29 is 9.90 Å². The van der Waals surface area contributed by atoms with Crippen molar-refractivity contribution in [1.29, 1.82) is 0 Å². The van der Waals surface area contributed by atoms with Crippen LogP contribution in [-0.4, -0.2) is 16.8 Å². The number of carbonyl (C=O) groups is 1. The van der Waals surface area contributed by atoms with Gasteiger partial charge in [-0.2, -0.15) is 12.6 Å². The van der Waals surface area contributed by atoms with E-state index in [2.05, 4.69) is 31.9 Å². The summed E-state index contributed by atoms with van der Waals surface area (Å²) in [6.07, 6.45) is 7.85. The van der Waals surface area contributed by atoms with Crippen molar-refractivity contribution >= 4 is 18.6 Å². The third-order valence-corrected chi connectivity index (χ3v) is 2.85. The second kappa shape index (κ2) is 8.60. The lowest BCUT2D eigenvalue weighted by Crippen LogP contribution is -2.10. The monoisotopic (exact) mass is 228 g/mol. The van der Waals surface area contributed by atoms with Gasteiger partial charge in [-0.3, -0.25) is 4.79 Å². The third kappa shape index (κ3) is 5.67. The van der Waals surface area contributed by atoms with E-state index in [4.69, 9.17) is 5.11 Å². The number of aliphatic carboxylic acids is 1. The molecule has 1 saturated carbocycles. The summed E-state index contributed by atoms with van der Waals surface area (Å²) in [5.41, 5.74) is 0. The standard InChI is InChI=1S/C10H16O2S.C2H4/c11-10(12)7-9-4-1-3-8(9)5-2-6-13;1-2/h2,5,8-9,13H,1,3-4,6-7H2,(H,11,12);1-2H2/b5-2+;/t8-,9-;/m1./s1. The molecule has 0 amide bonds. The number of rotatable bonds is 4. The molecule has 1 aliphatic carbocycles. The minimum atomic E-state index is -0.670. The van der Waals surface area contributed by atoms with Crippen LogP contribution in [0.25, 0.3) is 0 Å². The number of allylic oxidation sites excluding steroid dienone is 1. The van der Waals surface area contributed by atoms with Crippen molar-refractivity contribution in [2.24, 2.45) is 11.8 Å². The highest BCUT2D eigenvalue weighted by atomic mass is 32.1. The van der Waals surface area contributed by atoms with E-state index in [9.17, 15) is 4.79 Å². The second-order valence-corrected chi connectivity index (χ2v) is 3.93. The Bertz CT molecular complexity index is 214. The van der Waals surface area contributed by atoms with Crippen LogP contribution in [0.4, 0.5) is 0 Å². The van der Waals surface area contributed by atoms with Gasteiger partial charge in [-0.25, -0.2) is 0 Å². The molecule has 1 fully saturated rings. The summed E-state index contributed by atoms with van der Waals surface area (Å²) in [5.74, 6) is 0.907. The van der Waals surface area contributed by atoms with Crippen LogP contribution < -0.4 is 0 Å². The largest absolute Gasteiger partial charge is 0.481 e. The molecule has 2 nitrogen and oxygen atoms in total. The first-order valence-electron chi connectivity index (χ1n) is 5.23. The minimum Gasteiger partial charge on any atom is -0.481 e. The zero-order valence-electron chi connectivity index (χ0n) is 9.06. The van der Waals surface area contributed by atoms with Gasteiger partial charge >= 0.3 is 5.97 Å². The molecule has 0 aliphatic heterocycles. The molecule has 3 heteroatoms. The van der Waals surface area contributed by atoms with Gasteiger partial charge in [0.15, 0.2) is 0 Å². The summed E-state index contributed by atoms with van der Waals surface area (Å²) in [6, 6.07) is 0. The average molecular weight is 228 g/mol. The van der Waals surface area contributed by atoms with Crippen LogP contribution in [0, 0.1) is 11.8 Å². The zero-order valence-corrected chi connectivity index (χ0v) is 9.96. The smallest absolute Gasteiger partial charge is 0.303 e. The van der Waals surface area contributed by atoms with E-state index in [0.717, 1.165) is 18.6 Å². The first kappa shape index (κ1) is 14.3. The van der Waals surface area contributed by atoms with Gasteiger partial charge in [0.1, 0.15) is 0 Å². The van der Waals surface area contributed by atoms with Crippen molar-refractivity contribution in [3.05, 3.63) is 25.3 Å². The molecule has 1 aliphatic rings. The lowest BCUT2D eigenvalue weighted by Gasteiger charge is -2.12. The molecule has 0 aromatic rings. The Morgan fingerprint density at radius 2 is 2.13 bits per heavy atom. The van der Waals surface area contributed by atoms with Crippen LogP contribution in [0.5, 0.6) is 0 Å². The number of hydrogen-bond acceptors (Lipinski definition) is 2. The summed E-state index contributed by atoms with van der Waals surface area (Å²) in [5, 5.41) is 8.68. The van der Waals surface area contributed by atoms with Gasteiger partial charge in [0.25, 0.3) is 0 Å². The maximum Gasteiger partial charge on any atom is 0.303 e. The number of hydrogen-bond donors (Lipinski definition) is 2.